The predicted octanol–water partition coefficient (Wildman–Crippen LogP) is 3.81. The number of fused-ring (bicyclic) bond motifs is 1. The highest BCUT2D eigenvalue weighted by atomic mass is 35.5. The number of aryl methyl sites for hydroxylation is 1. The van der Waals surface area contributed by atoms with Gasteiger partial charge >= 0.3 is 0 Å². The van der Waals surface area contributed by atoms with Crippen molar-refractivity contribution in [1.29, 1.82) is 0 Å². The van der Waals surface area contributed by atoms with Crippen molar-refractivity contribution in [3.8, 4) is 0 Å². The summed E-state index contributed by atoms with van der Waals surface area (Å²) in [4.78, 5) is 4.18. The van der Waals surface area contributed by atoms with Crippen LogP contribution in [0.3, 0.4) is 0 Å². The molecule has 0 saturated carbocycles. The number of rotatable bonds is 2. The molecule has 2 aromatic rings. The van der Waals surface area contributed by atoms with Gasteiger partial charge in [-0.15, -0.1) is 11.6 Å². The maximum absolute atomic E-state index is 13.0. The van der Waals surface area contributed by atoms with E-state index in [-0.39, 0.29) is 5.82 Å². The van der Waals surface area contributed by atoms with E-state index in [0.717, 1.165) is 10.9 Å². The summed E-state index contributed by atoms with van der Waals surface area (Å²) in [5.41, 5.74) is 1.55. The highest BCUT2D eigenvalue weighted by molar-refractivity contribution is 6.30. The molecule has 0 unspecified atom stereocenters. The number of pyridine rings is 1. The van der Waals surface area contributed by atoms with Crippen LogP contribution in [0.5, 0.6) is 0 Å². The van der Waals surface area contributed by atoms with Gasteiger partial charge in [-0.1, -0.05) is 11.6 Å². The lowest BCUT2D eigenvalue weighted by molar-refractivity contribution is 0.629. The summed E-state index contributed by atoms with van der Waals surface area (Å²) in [6.45, 7) is 0. The van der Waals surface area contributed by atoms with Gasteiger partial charge in [0.2, 0.25) is 0 Å². The second-order valence-electron chi connectivity index (χ2n) is 3.21. The van der Waals surface area contributed by atoms with Gasteiger partial charge in [-0.3, -0.25) is 0 Å². The van der Waals surface area contributed by atoms with E-state index >= 15 is 0 Å². The molecule has 4 heteroatoms. The molecule has 0 aliphatic heterocycles. The highest BCUT2D eigenvalue weighted by Gasteiger charge is 2.05. The number of alkyl halides is 1. The molecule has 0 bridgehead atoms. The van der Waals surface area contributed by atoms with E-state index in [2.05, 4.69) is 4.98 Å². The lowest BCUT2D eigenvalue weighted by atomic mass is 10.1. The summed E-state index contributed by atoms with van der Waals surface area (Å²) < 4.78 is 13.0. The van der Waals surface area contributed by atoms with Crippen LogP contribution in [-0.2, 0) is 6.42 Å². The van der Waals surface area contributed by atoms with Gasteiger partial charge in [0.1, 0.15) is 11.0 Å². The zero-order chi connectivity index (χ0) is 10.8. The molecule has 0 amide bonds. The Labute approximate surface area is 96.8 Å². The standard InChI is InChI=1S/C11H8Cl2FN/c12-4-3-7-5-8-6-9(14)1-2-10(8)15-11(7)13/h1-2,5-6H,3-4H2. The zero-order valence-electron chi connectivity index (χ0n) is 7.80. The van der Waals surface area contributed by atoms with Crippen LogP contribution in [-0.4, -0.2) is 10.9 Å². The topological polar surface area (TPSA) is 12.9 Å². The molecule has 0 saturated heterocycles. The van der Waals surface area contributed by atoms with Crippen LogP contribution in [0.15, 0.2) is 24.3 Å². The third-order valence-electron chi connectivity index (χ3n) is 2.17. The van der Waals surface area contributed by atoms with Crippen molar-refractivity contribution in [3.63, 3.8) is 0 Å². The summed E-state index contributed by atoms with van der Waals surface area (Å²) in [7, 11) is 0. The Balaban J connectivity index is 2.61. The van der Waals surface area contributed by atoms with Gasteiger partial charge in [-0.2, -0.15) is 0 Å². The lowest BCUT2D eigenvalue weighted by Crippen LogP contribution is -1.92. The zero-order valence-corrected chi connectivity index (χ0v) is 9.32. The maximum Gasteiger partial charge on any atom is 0.133 e. The maximum atomic E-state index is 13.0. The Kier molecular flexibility index (Phi) is 3.08. The lowest BCUT2D eigenvalue weighted by Gasteiger charge is -2.04. The second-order valence-corrected chi connectivity index (χ2v) is 3.95. The van der Waals surface area contributed by atoms with Gasteiger partial charge in [0.15, 0.2) is 0 Å². The SMILES string of the molecule is Fc1ccc2nc(Cl)c(CCCl)cc2c1. The van der Waals surface area contributed by atoms with Crippen molar-refractivity contribution < 1.29 is 4.39 Å². The number of aromatic nitrogens is 1. The third-order valence-corrected chi connectivity index (χ3v) is 2.68. The smallest absolute Gasteiger partial charge is 0.133 e. The van der Waals surface area contributed by atoms with E-state index in [1.54, 1.807) is 6.07 Å². The number of hydrogen-bond donors (Lipinski definition) is 0. The van der Waals surface area contributed by atoms with Crippen LogP contribution in [0.2, 0.25) is 5.15 Å². The molecule has 0 radical (unpaired) electrons. The second kappa shape index (κ2) is 4.33. The monoisotopic (exact) mass is 243 g/mol. The Morgan fingerprint density at radius 1 is 1.27 bits per heavy atom. The van der Waals surface area contributed by atoms with E-state index in [4.69, 9.17) is 23.2 Å². The van der Waals surface area contributed by atoms with E-state index in [9.17, 15) is 4.39 Å². The number of halogens is 3. The molecular weight excluding hydrogens is 236 g/mol. The molecule has 2 rings (SSSR count). The van der Waals surface area contributed by atoms with Crippen LogP contribution in [0.25, 0.3) is 10.9 Å². The third kappa shape index (κ3) is 2.21. The normalized spacial score (nSPS) is 10.9. The highest BCUT2D eigenvalue weighted by Crippen LogP contribution is 2.21. The van der Waals surface area contributed by atoms with Crippen LogP contribution in [0, 0.1) is 5.82 Å². The fourth-order valence-corrected chi connectivity index (χ4v) is 1.89. The first kappa shape index (κ1) is 10.7. The first-order valence-electron chi connectivity index (χ1n) is 4.51. The predicted molar refractivity (Wildman–Crippen MR) is 61.1 cm³/mol. The summed E-state index contributed by atoms with van der Waals surface area (Å²) in [5.74, 6) is 0.200. The molecule has 1 aromatic heterocycles. The molecule has 78 valence electrons. The van der Waals surface area contributed by atoms with Crippen LogP contribution >= 0.6 is 23.2 Å². The van der Waals surface area contributed by atoms with Crippen LogP contribution in [0.1, 0.15) is 5.56 Å². The van der Waals surface area contributed by atoms with Gasteiger partial charge in [0.25, 0.3) is 0 Å². The molecular formula is C11H8Cl2FN. The van der Waals surface area contributed by atoms with Gasteiger partial charge in [0.05, 0.1) is 5.52 Å². The minimum absolute atomic E-state index is 0.275. The molecule has 0 spiro atoms. The van der Waals surface area contributed by atoms with Crippen molar-refractivity contribution in [2.75, 3.05) is 5.88 Å². The number of benzene rings is 1. The molecule has 0 aliphatic rings. The fraction of sp³-hybridized carbons (Fsp3) is 0.182. The van der Waals surface area contributed by atoms with Crippen molar-refractivity contribution in [2.45, 2.75) is 6.42 Å². The molecule has 1 nitrogen and oxygen atoms in total. The average Bonchev–Trinajstić information content (AvgIpc) is 2.20. The first-order chi connectivity index (χ1) is 7.20. The van der Waals surface area contributed by atoms with Crippen molar-refractivity contribution in [1.82, 2.24) is 4.98 Å². The van der Waals surface area contributed by atoms with Gasteiger partial charge in [-0.05, 0) is 36.2 Å². The van der Waals surface area contributed by atoms with Crippen molar-refractivity contribution in [2.24, 2.45) is 0 Å². The minimum atomic E-state index is -0.275. The summed E-state index contributed by atoms with van der Waals surface area (Å²) >= 11 is 11.6. The molecule has 1 aromatic carbocycles. The molecule has 0 aliphatic carbocycles. The molecule has 15 heavy (non-hydrogen) atoms. The van der Waals surface area contributed by atoms with E-state index in [1.165, 1.54) is 12.1 Å². The first-order valence-corrected chi connectivity index (χ1v) is 5.42. The van der Waals surface area contributed by atoms with Gasteiger partial charge < -0.3 is 0 Å². The summed E-state index contributed by atoms with van der Waals surface area (Å²) in [6, 6.07) is 6.25. The molecule has 0 N–H and O–H groups in total. The Hall–Kier alpha value is -0.860. The number of hydrogen-bond acceptors (Lipinski definition) is 1. The van der Waals surface area contributed by atoms with Crippen molar-refractivity contribution >= 4 is 34.1 Å². The van der Waals surface area contributed by atoms with E-state index in [1.807, 2.05) is 6.07 Å². The molecule has 0 fully saturated rings. The van der Waals surface area contributed by atoms with Crippen LogP contribution in [0.4, 0.5) is 4.39 Å². The van der Waals surface area contributed by atoms with Gasteiger partial charge in [0, 0.05) is 11.3 Å². The summed E-state index contributed by atoms with van der Waals surface area (Å²) in [6.07, 6.45) is 0.639. The summed E-state index contributed by atoms with van der Waals surface area (Å²) in [5, 5.41) is 1.19. The minimum Gasteiger partial charge on any atom is -0.236 e. The average molecular weight is 244 g/mol. The molecule has 1 heterocycles. The van der Waals surface area contributed by atoms with E-state index in [0.29, 0.717) is 23.0 Å². The quantitative estimate of drug-likeness (QED) is 0.578. The number of nitrogens with zero attached hydrogens (tertiary/aromatic N) is 1. The molecule has 0 atom stereocenters. The van der Waals surface area contributed by atoms with Crippen LogP contribution < -0.4 is 0 Å². The van der Waals surface area contributed by atoms with E-state index < -0.39 is 0 Å². The van der Waals surface area contributed by atoms with Crippen molar-refractivity contribution in [3.05, 3.63) is 40.8 Å². The Morgan fingerprint density at radius 2 is 2.07 bits per heavy atom. The Morgan fingerprint density at radius 3 is 2.80 bits per heavy atom. The fourth-order valence-electron chi connectivity index (χ4n) is 1.44. The Bertz CT molecular complexity index is 499. The van der Waals surface area contributed by atoms with Gasteiger partial charge in [-0.25, -0.2) is 9.37 Å². The largest absolute Gasteiger partial charge is 0.236 e.